The molecule has 0 spiro atoms. The number of nitrogens with one attached hydrogen (secondary N) is 2. The van der Waals surface area contributed by atoms with Gasteiger partial charge < -0.3 is 39.8 Å². The molecule has 6 aliphatic rings. The van der Waals surface area contributed by atoms with Crippen LogP contribution in [0.5, 0.6) is 0 Å². The topological polar surface area (TPSA) is 202 Å². The molecule has 76 heavy (non-hydrogen) atoms. The zero-order valence-electron chi connectivity index (χ0n) is 44.4. The SMILES string of the molecule is C=CC(=O)Nc1cc(Nc2nc(-c3ccnc(N4CCn5c(cc6c5CC(C)(C)C6)C4=O)c3CO)cn(C)c2=O)ccc1N1CCN(C2CCN(c3ccc4c(c3)C(=O)N(C3CCC(C)(O)CC3)C4=O)[C@H](C)C2)C[C@@H]1C. The highest BCUT2D eigenvalue weighted by atomic mass is 16.3. The molecule has 1 unspecified atom stereocenters. The summed E-state index contributed by atoms with van der Waals surface area (Å²) in [6.45, 7) is 18.1. The third kappa shape index (κ3) is 9.16. The van der Waals surface area contributed by atoms with Crippen LogP contribution in [-0.4, -0.2) is 125 Å². The van der Waals surface area contributed by atoms with E-state index in [0.29, 0.717) is 102 Å². The van der Waals surface area contributed by atoms with Crippen molar-refractivity contribution >= 4 is 58.0 Å². The second kappa shape index (κ2) is 19.5. The van der Waals surface area contributed by atoms with Crippen molar-refractivity contribution in [2.24, 2.45) is 12.5 Å². The number of anilines is 6. The Bertz CT molecular complexity index is 3260. The van der Waals surface area contributed by atoms with Gasteiger partial charge in [-0.2, -0.15) is 0 Å². The van der Waals surface area contributed by atoms with Gasteiger partial charge in [-0.05, 0) is 138 Å². The Kier molecular flexibility index (Phi) is 13.0. The van der Waals surface area contributed by atoms with Crippen LogP contribution in [0.3, 0.4) is 0 Å². The van der Waals surface area contributed by atoms with Crippen LogP contribution in [0.25, 0.3) is 11.3 Å². The molecular formula is C58H69N11O7. The van der Waals surface area contributed by atoms with Crippen molar-refractivity contribution in [1.29, 1.82) is 0 Å². The van der Waals surface area contributed by atoms with Gasteiger partial charge in [0.2, 0.25) is 5.91 Å². The van der Waals surface area contributed by atoms with Crippen LogP contribution in [0.2, 0.25) is 0 Å². The Morgan fingerprint density at radius 3 is 2.36 bits per heavy atom. The van der Waals surface area contributed by atoms with Gasteiger partial charge in [0, 0.05) is 111 Å². The molecule has 2 aliphatic carbocycles. The predicted molar refractivity (Wildman–Crippen MR) is 293 cm³/mol. The summed E-state index contributed by atoms with van der Waals surface area (Å²) in [5.41, 5.74) is 7.15. The highest BCUT2D eigenvalue weighted by Gasteiger charge is 2.44. The first-order valence-electron chi connectivity index (χ1n) is 26.9. The van der Waals surface area contributed by atoms with E-state index in [4.69, 9.17) is 4.98 Å². The number of hydrogen-bond acceptors (Lipinski definition) is 13. The summed E-state index contributed by atoms with van der Waals surface area (Å²) in [5.74, 6) is -0.648. The van der Waals surface area contributed by atoms with Crippen molar-refractivity contribution in [2.75, 3.05) is 58.1 Å². The first-order chi connectivity index (χ1) is 36.3. The van der Waals surface area contributed by atoms with Crippen molar-refractivity contribution < 1.29 is 29.4 Å². The van der Waals surface area contributed by atoms with Gasteiger partial charge in [0.1, 0.15) is 11.5 Å². The quantitative estimate of drug-likeness (QED) is 0.0811. The normalized spacial score (nSPS) is 24.4. The number of aliphatic hydroxyl groups is 2. The fraction of sp³-hybridized carbons (Fsp3) is 0.466. The van der Waals surface area contributed by atoms with Gasteiger partial charge in [-0.3, -0.25) is 38.7 Å². The molecule has 4 N–H and O–H groups in total. The van der Waals surface area contributed by atoms with Crippen molar-refractivity contribution in [3.05, 3.63) is 118 Å². The molecule has 0 radical (unpaired) electrons. The summed E-state index contributed by atoms with van der Waals surface area (Å²) in [7, 11) is 1.63. The number of carbonyl (C=O) groups excluding carboxylic acids is 4. The van der Waals surface area contributed by atoms with E-state index in [1.165, 1.54) is 26.8 Å². The molecule has 398 valence electrons. The number of aliphatic hydroxyl groups excluding tert-OH is 1. The van der Waals surface area contributed by atoms with E-state index in [9.17, 15) is 34.2 Å². The number of hydrogen-bond donors (Lipinski definition) is 4. The van der Waals surface area contributed by atoms with Crippen molar-refractivity contribution in [3.63, 3.8) is 0 Å². The molecule has 11 rings (SSSR count). The van der Waals surface area contributed by atoms with Crippen LogP contribution in [0.4, 0.5) is 34.4 Å². The number of piperazine rings is 1. The van der Waals surface area contributed by atoms with Crippen LogP contribution in [0, 0.1) is 5.41 Å². The highest BCUT2D eigenvalue weighted by Crippen LogP contribution is 2.42. The van der Waals surface area contributed by atoms with Gasteiger partial charge >= 0.3 is 0 Å². The van der Waals surface area contributed by atoms with Crippen molar-refractivity contribution in [1.82, 2.24) is 28.9 Å². The molecule has 4 amide bonds. The zero-order chi connectivity index (χ0) is 53.5. The summed E-state index contributed by atoms with van der Waals surface area (Å²) >= 11 is 0. The monoisotopic (exact) mass is 1030 g/mol. The number of aryl methyl sites for hydroxylation is 1. The molecule has 3 atom stereocenters. The summed E-state index contributed by atoms with van der Waals surface area (Å²) in [4.78, 5) is 87.7. The second-order valence-electron chi connectivity index (χ2n) is 23.1. The van der Waals surface area contributed by atoms with E-state index in [1.54, 1.807) is 36.5 Å². The summed E-state index contributed by atoms with van der Waals surface area (Å²) < 4.78 is 3.56. The third-order valence-corrected chi connectivity index (χ3v) is 17.1. The van der Waals surface area contributed by atoms with E-state index in [-0.39, 0.29) is 53.0 Å². The lowest BCUT2D eigenvalue weighted by Crippen LogP contribution is -2.58. The van der Waals surface area contributed by atoms with E-state index < -0.39 is 17.8 Å². The first kappa shape index (κ1) is 51.0. The smallest absolute Gasteiger partial charge is 0.293 e. The van der Waals surface area contributed by atoms with Crippen molar-refractivity contribution in [2.45, 2.75) is 129 Å². The second-order valence-corrected chi connectivity index (χ2v) is 23.1. The zero-order valence-corrected chi connectivity index (χ0v) is 44.4. The Morgan fingerprint density at radius 1 is 0.842 bits per heavy atom. The summed E-state index contributed by atoms with van der Waals surface area (Å²) in [5, 5.41) is 27.6. The molecule has 2 aromatic carbocycles. The molecule has 3 aromatic heterocycles. The maximum Gasteiger partial charge on any atom is 0.293 e. The van der Waals surface area contributed by atoms with Crippen LogP contribution in [-0.2, 0) is 37.8 Å². The molecule has 3 fully saturated rings. The van der Waals surface area contributed by atoms with Crippen LogP contribution in [0.1, 0.15) is 121 Å². The largest absolute Gasteiger partial charge is 0.392 e. The minimum absolute atomic E-state index is 0.0282. The number of rotatable bonds is 11. The minimum Gasteiger partial charge on any atom is -0.392 e. The Morgan fingerprint density at radius 2 is 1.62 bits per heavy atom. The minimum atomic E-state index is -0.760. The van der Waals surface area contributed by atoms with Gasteiger partial charge in [-0.25, -0.2) is 9.97 Å². The van der Waals surface area contributed by atoms with Crippen LogP contribution in [0.15, 0.2) is 78.4 Å². The predicted octanol–water partition coefficient (Wildman–Crippen LogP) is 6.65. The number of piperidine rings is 1. The van der Waals surface area contributed by atoms with Crippen LogP contribution >= 0.6 is 0 Å². The molecule has 4 aliphatic heterocycles. The lowest BCUT2D eigenvalue weighted by Gasteiger charge is -2.48. The molecule has 0 bridgehead atoms. The third-order valence-electron chi connectivity index (χ3n) is 17.1. The Balaban J connectivity index is 0.771. The van der Waals surface area contributed by atoms with Gasteiger partial charge in [0.15, 0.2) is 5.82 Å². The number of pyridine rings is 1. The lowest BCUT2D eigenvalue weighted by atomic mass is 9.83. The number of imide groups is 1. The molecule has 18 heteroatoms. The molecule has 5 aromatic rings. The van der Waals surface area contributed by atoms with E-state index >= 15 is 0 Å². The van der Waals surface area contributed by atoms with E-state index in [0.717, 1.165) is 56.7 Å². The average Bonchev–Trinajstić information content (AvgIpc) is 4.00. The fourth-order valence-electron chi connectivity index (χ4n) is 13.1. The molecule has 2 saturated heterocycles. The lowest BCUT2D eigenvalue weighted by molar-refractivity contribution is -0.111. The maximum absolute atomic E-state index is 14.1. The summed E-state index contributed by atoms with van der Waals surface area (Å²) in [6.07, 6.45) is 10.4. The number of aromatic nitrogens is 4. The standard InChI is InChI=1S/C58H69N11O7/c1-8-50(71)61-45-27-37(60-51-56(75)63(7)32-46(62-51)41-15-19-59-52(44(41)33-70)68-24-23-67-48(55(68)74)26-36-29-57(4,5)30-49(36)67)9-12-47(45)66-22-21-64(31-35(66)3)39-16-20-65(34(2)25-39)40-10-11-42-43(28-40)54(73)69(53(42)72)38-13-17-58(6,76)18-14-38/h8-12,15,19,26-28,32,34-35,38-39,70,76H,1,13-14,16-18,20-25,29-31,33H2,2-7H3,(H,60,62)(H,61,71)/t34-,35+,38?,39?,58?/m1/s1. The van der Waals surface area contributed by atoms with E-state index in [1.807, 2.05) is 43.3 Å². The molecular weight excluding hydrogens is 963 g/mol. The van der Waals surface area contributed by atoms with Gasteiger partial charge in [-0.1, -0.05) is 20.4 Å². The highest BCUT2D eigenvalue weighted by molar-refractivity contribution is 6.22. The number of amides is 4. The number of nitrogens with zero attached hydrogens (tertiary/aromatic N) is 9. The molecule has 1 saturated carbocycles. The van der Waals surface area contributed by atoms with Crippen molar-refractivity contribution in [3.8, 4) is 11.3 Å². The van der Waals surface area contributed by atoms with Gasteiger partial charge in [0.25, 0.3) is 23.3 Å². The van der Waals surface area contributed by atoms with E-state index in [2.05, 4.69) is 69.2 Å². The average molecular weight is 1030 g/mol. The van der Waals surface area contributed by atoms with Gasteiger partial charge in [0.05, 0.1) is 40.4 Å². The molecule has 18 nitrogen and oxygen atoms in total. The van der Waals surface area contributed by atoms with Crippen LogP contribution < -0.4 is 30.9 Å². The van der Waals surface area contributed by atoms with Gasteiger partial charge in [-0.15, -0.1) is 0 Å². The Labute approximate surface area is 443 Å². The molecule has 7 heterocycles. The Hall–Kier alpha value is -7.15. The number of benzene rings is 2. The number of fused-ring (bicyclic) bond motifs is 4. The maximum atomic E-state index is 14.1. The summed E-state index contributed by atoms with van der Waals surface area (Å²) in [6, 6.07) is 15.4. The fourth-order valence-corrected chi connectivity index (χ4v) is 13.1. The number of carbonyl (C=O) groups is 4. The first-order valence-corrected chi connectivity index (χ1v) is 26.9.